The molecule has 6 heteroatoms. The number of rotatable bonds is 3. The van der Waals surface area contributed by atoms with Gasteiger partial charge >= 0.3 is 0 Å². The second kappa shape index (κ2) is 5.97. The molecule has 1 aliphatic rings. The molecule has 25 heavy (non-hydrogen) atoms. The van der Waals surface area contributed by atoms with Crippen LogP contribution in [0.25, 0.3) is 10.9 Å². The van der Waals surface area contributed by atoms with E-state index in [9.17, 15) is 12.8 Å². The van der Waals surface area contributed by atoms with Crippen molar-refractivity contribution in [3.63, 3.8) is 0 Å². The van der Waals surface area contributed by atoms with Gasteiger partial charge in [0.25, 0.3) is 10.0 Å². The Hall–Kier alpha value is -2.18. The standard InChI is InChI=1S/C19H19FN2O2S/c1-21-11-10-14(12-21)18-13-22(19-5-3-2-4-17(18)19)25(23,24)16-8-6-15(20)7-9-16/h2-9,13-14H,10-12H2,1H3/t14-/m1/s1. The van der Waals surface area contributed by atoms with Gasteiger partial charge in [0.05, 0.1) is 10.4 Å². The SMILES string of the molecule is CN1CC[C@@H](c2cn(S(=O)(=O)c3ccc(F)cc3)c3ccccc23)C1. The largest absolute Gasteiger partial charge is 0.306 e. The van der Waals surface area contributed by atoms with Crippen molar-refractivity contribution in [3.8, 4) is 0 Å². The average molecular weight is 358 g/mol. The molecule has 4 rings (SSSR count). The summed E-state index contributed by atoms with van der Waals surface area (Å²) in [6.45, 7) is 1.93. The Morgan fingerprint density at radius 2 is 1.80 bits per heavy atom. The van der Waals surface area contributed by atoms with E-state index in [2.05, 4.69) is 11.9 Å². The van der Waals surface area contributed by atoms with Crippen LogP contribution < -0.4 is 0 Å². The Balaban J connectivity index is 1.89. The molecular weight excluding hydrogens is 339 g/mol. The zero-order valence-electron chi connectivity index (χ0n) is 13.9. The van der Waals surface area contributed by atoms with Crippen LogP contribution in [0.1, 0.15) is 17.9 Å². The van der Waals surface area contributed by atoms with Gasteiger partial charge in [0.1, 0.15) is 5.82 Å². The Bertz CT molecular complexity index is 1030. The third-order valence-corrected chi connectivity index (χ3v) is 6.60. The molecule has 3 aromatic rings. The number of likely N-dealkylation sites (N-methyl/N-ethyl adjacent to an activating group) is 1. The first-order chi connectivity index (χ1) is 12.0. The average Bonchev–Trinajstić information content (AvgIpc) is 3.19. The van der Waals surface area contributed by atoms with Crippen LogP contribution in [0.15, 0.2) is 59.6 Å². The number of nitrogens with zero attached hydrogens (tertiary/aromatic N) is 2. The summed E-state index contributed by atoms with van der Waals surface area (Å²) in [5, 5.41) is 0.966. The minimum absolute atomic E-state index is 0.0877. The smallest absolute Gasteiger partial charge is 0.268 e. The van der Waals surface area contributed by atoms with Crippen molar-refractivity contribution in [2.75, 3.05) is 20.1 Å². The Morgan fingerprint density at radius 1 is 1.08 bits per heavy atom. The summed E-state index contributed by atoms with van der Waals surface area (Å²) in [7, 11) is -1.69. The van der Waals surface area contributed by atoms with Gasteiger partial charge in [0.15, 0.2) is 0 Å². The van der Waals surface area contributed by atoms with E-state index in [1.807, 2.05) is 24.3 Å². The Kier molecular flexibility index (Phi) is 3.89. The predicted molar refractivity (Wildman–Crippen MR) is 95.8 cm³/mol. The van der Waals surface area contributed by atoms with Gasteiger partial charge in [-0.15, -0.1) is 0 Å². The van der Waals surface area contributed by atoms with Crippen molar-refractivity contribution in [2.45, 2.75) is 17.2 Å². The lowest BCUT2D eigenvalue weighted by Crippen LogP contribution is -2.13. The molecule has 0 N–H and O–H groups in total. The molecule has 1 saturated heterocycles. The van der Waals surface area contributed by atoms with E-state index >= 15 is 0 Å². The fourth-order valence-electron chi connectivity index (χ4n) is 3.61. The minimum Gasteiger partial charge on any atom is -0.306 e. The third kappa shape index (κ3) is 2.75. The second-order valence-electron chi connectivity index (χ2n) is 6.60. The quantitative estimate of drug-likeness (QED) is 0.720. The summed E-state index contributed by atoms with van der Waals surface area (Å²) in [5.74, 6) is -0.134. The van der Waals surface area contributed by atoms with Crippen molar-refractivity contribution in [2.24, 2.45) is 0 Å². The van der Waals surface area contributed by atoms with E-state index in [1.165, 1.54) is 28.2 Å². The van der Waals surface area contributed by atoms with Gasteiger partial charge in [-0.25, -0.2) is 16.8 Å². The van der Waals surface area contributed by atoms with Crippen LogP contribution in [0.4, 0.5) is 4.39 Å². The van der Waals surface area contributed by atoms with E-state index in [1.54, 1.807) is 6.20 Å². The predicted octanol–water partition coefficient (Wildman–Crippen LogP) is 3.44. The lowest BCUT2D eigenvalue weighted by molar-refractivity contribution is 0.412. The molecule has 1 aromatic heterocycles. The summed E-state index contributed by atoms with van der Waals surface area (Å²) in [4.78, 5) is 2.34. The zero-order valence-corrected chi connectivity index (χ0v) is 14.7. The van der Waals surface area contributed by atoms with Crippen molar-refractivity contribution in [1.82, 2.24) is 8.87 Å². The minimum atomic E-state index is -3.77. The molecule has 1 atom stereocenters. The topological polar surface area (TPSA) is 42.3 Å². The lowest BCUT2D eigenvalue weighted by atomic mass is 9.98. The first-order valence-corrected chi connectivity index (χ1v) is 9.70. The molecule has 0 unspecified atom stereocenters. The summed E-state index contributed by atoms with van der Waals surface area (Å²) in [6.07, 6.45) is 2.76. The molecule has 1 fully saturated rings. The molecule has 0 spiro atoms. The number of halogens is 1. The summed E-state index contributed by atoms with van der Waals surface area (Å²) in [6, 6.07) is 12.5. The van der Waals surface area contributed by atoms with E-state index in [0.29, 0.717) is 11.4 Å². The van der Waals surface area contributed by atoms with Crippen molar-refractivity contribution in [3.05, 3.63) is 66.1 Å². The van der Waals surface area contributed by atoms with Crippen molar-refractivity contribution < 1.29 is 12.8 Å². The van der Waals surface area contributed by atoms with E-state index in [-0.39, 0.29) is 4.90 Å². The third-order valence-electron chi connectivity index (χ3n) is 4.91. The number of aromatic nitrogens is 1. The molecule has 1 aliphatic heterocycles. The molecule has 0 radical (unpaired) electrons. The van der Waals surface area contributed by atoms with Gasteiger partial charge in [-0.05, 0) is 61.8 Å². The zero-order chi connectivity index (χ0) is 17.6. The van der Waals surface area contributed by atoms with Gasteiger partial charge in [-0.1, -0.05) is 18.2 Å². The van der Waals surface area contributed by atoms with Crippen LogP contribution in [-0.2, 0) is 10.0 Å². The van der Waals surface area contributed by atoms with Crippen LogP contribution in [0.3, 0.4) is 0 Å². The van der Waals surface area contributed by atoms with Gasteiger partial charge in [0.2, 0.25) is 0 Å². The number of hydrogen-bond donors (Lipinski definition) is 0. The first kappa shape index (κ1) is 16.3. The molecular formula is C19H19FN2O2S. The maximum absolute atomic E-state index is 13.2. The highest BCUT2D eigenvalue weighted by Crippen LogP contribution is 2.34. The molecule has 0 saturated carbocycles. The fraction of sp³-hybridized carbons (Fsp3) is 0.263. The number of hydrogen-bond acceptors (Lipinski definition) is 3. The molecule has 2 aromatic carbocycles. The van der Waals surface area contributed by atoms with E-state index < -0.39 is 15.8 Å². The number of benzene rings is 2. The van der Waals surface area contributed by atoms with Crippen molar-refractivity contribution >= 4 is 20.9 Å². The summed E-state index contributed by atoms with van der Waals surface area (Å²) >= 11 is 0. The van der Waals surface area contributed by atoms with Gasteiger partial charge in [-0.3, -0.25) is 0 Å². The van der Waals surface area contributed by atoms with Crippen LogP contribution >= 0.6 is 0 Å². The highest BCUT2D eigenvalue weighted by atomic mass is 32.2. The lowest BCUT2D eigenvalue weighted by Gasteiger charge is -2.09. The van der Waals surface area contributed by atoms with Crippen LogP contribution in [0, 0.1) is 5.82 Å². The second-order valence-corrected chi connectivity index (χ2v) is 8.42. The monoisotopic (exact) mass is 358 g/mol. The van der Waals surface area contributed by atoms with Gasteiger partial charge < -0.3 is 4.90 Å². The summed E-state index contributed by atoms with van der Waals surface area (Å²) < 4.78 is 40.7. The van der Waals surface area contributed by atoms with Gasteiger partial charge in [0, 0.05) is 18.1 Å². The van der Waals surface area contributed by atoms with Crippen LogP contribution in [-0.4, -0.2) is 37.4 Å². The number of fused-ring (bicyclic) bond motifs is 1. The Morgan fingerprint density at radius 3 is 2.48 bits per heavy atom. The van der Waals surface area contributed by atoms with Crippen LogP contribution in [0.5, 0.6) is 0 Å². The first-order valence-electron chi connectivity index (χ1n) is 8.26. The number of likely N-dealkylation sites (tertiary alicyclic amines) is 1. The Labute approximate surface area is 146 Å². The maximum Gasteiger partial charge on any atom is 0.268 e. The molecule has 130 valence electrons. The maximum atomic E-state index is 13.2. The van der Waals surface area contributed by atoms with Gasteiger partial charge in [-0.2, -0.15) is 0 Å². The molecule has 0 aliphatic carbocycles. The molecule has 0 bridgehead atoms. The highest BCUT2D eigenvalue weighted by Gasteiger charge is 2.27. The molecule has 2 heterocycles. The normalized spacial score (nSPS) is 18.9. The summed E-state index contributed by atoms with van der Waals surface area (Å²) in [5.41, 5.74) is 1.72. The highest BCUT2D eigenvalue weighted by molar-refractivity contribution is 7.90. The van der Waals surface area contributed by atoms with E-state index in [4.69, 9.17) is 0 Å². The van der Waals surface area contributed by atoms with Crippen molar-refractivity contribution in [1.29, 1.82) is 0 Å². The number of para-hydroxylation sites is 1. The van der Waals surface area contributed by atoms with Crippen LogP contribution in [0.2, 0.25) is 0 Å². The molecule has 0 amide bonds. The molecule has 4 nitrogen and oxygen atoms in total. The fourth-order valence-corrected chi connectivity index (χ4v) is 4.99. The van der Waals surface area contributed by atoms with E-state index in [0.717, 1.165) is 30.5 Å².